The topological polar surface area (TPSA) is 0 Å². The Morgan fingerprint density at radius 1 is 1.20 bits per heavy atom. The van der Waals surface area contributed by atoms with Gasteiger partial charge in [0.15, 0.2) is 0 Å². The predicted molar refractivity (Wildman–Crippen MR) is 82.4 cm³/mol. The fourth-order valence-electron chi connectivity index (χ4n) is 1.85. The van der Waals surface area contributed by atoms with Crippen LogP contribution < -0.4 is 5.30 Å². The molecule has 0 radical (unpaired) electrons. The van der Waals surface area contributed by atoms with Gasteiger partial charge in [0.25, 0.3) is 0 Å². The number of hydrogen-bond donors (Lipinski definition) is 1. The molecule has 1 fully saturated rings. The molecule has 0 spiro atoms. The summed E-state index contributed by atoms with van der Waals surface area (Å²) in [5.74, 6) is 3.15. The van der Waals surface area contributed by atoms with E-state index >= 15 is 0 Å². The van der Waals surface area contributed by atoms with E-state index in [9.17, 15) is 0 Å². The summed E-state index contributed by atoms with van der Waals surface area (Å²) < 4.78 is 0. The second-order valence-corrected chi connectivity index (χ2v) is 17.1. The Kier molecular flexibility index (Phi) is 3.98. The molecule has 1 saturated heterocycles. The van der Waals surface area contributed by atoms with Crippen LogP contribution in [0.2, 0.25) is 0 Å². The van der Waals surface area contributed by atoms with Crippen LogP contribution in [0.25, 0.3) is 0 Å². The first-order chi connectivity index (χ1) is 7.13. The normalized spacial score (nSPS) is 21.9. The van der Waals surface area contributed by atoms with E-state index in [1.807, 2.05) is 0 Å². The van der Waals surface area contributed by atoms with Crippen molar-refractivity contribution in [2.75, 3.05) is 11.5 Å². The first-order valence-corrected chi connectivity index (χ1v) is 11.9. The van der Waals surface area contributed by atoms with Crippen molar-refractivity contribution in [3.63, 3.8) is 0 Å². The summed E-state index contributed by atoms with van der Waals surface area (Å²) in [6.45, 7) is 4.54. The fourth-order valence-corrected chi connectivity index (χ4v) is 14.5. The van der Waals surface area contributed by atoms with Crippen LogP contribution in [0.5, 0.6) is 0 Å². The van der Waals surface area contributed by atoms with Crippen molar-refractivity contribution in [1.29, 1.82) is 0 Å². The minimum atomic E-state index is -1.54. The van der Waals surface area contributed by atoms with Gasteiger partial charge in [-0.15, -0.1) is 0 Å². The third-order valence-corrected chi connectivity index (χ3v) is 15.7. The maximum absolute atomic E-state index is 5.00. The predicted octanol–water partition coefficient (Wildman–Crippen LogP) is 4.34. The van der Waals surface area contributed by atoms with Gasteiger partial charge in [0, 0.05) is 0 Å². The summed E-state index contributed by atoms with van der Waals surface area (Å²) in [6.07, 6.45) is 0. The molecule has 1 aliphatic heterocycles. The van der Waals surface area contributed by atoms with Crippen LogP contribution in [0.3, 0.4) is 0 Å². The molecule has 0 N–H and O–H groups in total. The average Bonchev–Trinajstić information content (AvgIpc) is 2.66. The van der Waals surface area contributed by atoms with Gasteiger partial charge >= 0.3 is 106 Å². The molecule has 0 amide bonds. The van der Waals surface area contributed by atoms with E-state index in [0.717, 1.165) is 0 Å². The molecule has 0 unspecified atom stereocenters. The van der Waals surface area contributed by atoms with Crippen molar-refractivity contribution in [2.24, 2.45) is 0 Å². The number of benzene rings is 1. The van der Waals surface area contributed by atoms with Gasteiger partial charge in [-0.2, -0.15) is 0 Å². The van der Waals surface area contributed by atoms with Gasteiger partial charge in [-0.25, -0.2) is 0 Å². The maximum atomic E-state index is 5.00. The first-order valence-electron chi connectivity index (χ1n) is 5.23. The van der Waals surface area contributed by atoms with E-state index in [2.05, 4.69) is 60.9 Å². The van der Waals surface area contributed by atoms with Crippen molar-refractivity contribution in [2.45, 2.75) is 19.8 Å². The molecular formula is C11H17PS3. The second kappa shape index (κ2) is 4.91. The van der Waals surface area contributed by atoms with Gasteiger partial charge in [0.1, 0.15) is 0 Å². The molecule has 15 heavy (non-hydrogen) atoms. The molecule has 0 nitrogen and oxygen atoms in total. The quantitative estimate of drug-likeness (QED) is 0.630. The standard InChI is InChI=1S/C11H17PS3/c1-9(2)10-5-3-4-6-11(10)12(13)14-7-8-15-12/h3-6,9,12-13H,7-8H2,1-2H3. The first kappa shape index (κ1) is 12.2. The minimum absolute atomic E-state index is 0.611. The molecule has 0 aliphatic carbocycles. The van der Waals surface area contributed by atoms with E-state index in [1.165, 1.54) is 22.4 Å². The molecule has 0 aromatic heterocycles. The SMILES string of the molecule is CC(C)c1ccccc1[PH]1(S)SCCS1. The van der Waals surface area contributed by atoms with Crippen molar-refractivity contribution in [3.05, 3.63) is 29.8 Å². The van der Waals surface area contributed by atoms with E-state index < -0.39 is 4.87 Å². The average molecular weight is 276 g/mol. The molecule has 0 atom stereocenters. The molecule has 1 heterocycles. The van der Waals surface area contributed by atoms with Crippen LogP contribution in [-0.4, -0.2) is 11.5 Å². The Morgan fingerprint density at radius 2 is 1.80 bits per heavy atom. The summed E-state index contributed by atoms with van der Waals surface area (Å²) in [4.78, 5) is -1.54. The van der Waals surface area contributed by atoms with E-state index in [0.29, 0.717) is 5.92 Å². The molecule has 1 aliphatic rings. The van der Waals surface area contributed by atoms with Crippen molar-refractivity contribution in [3.8, 4) is 0 Å². The zero-order valence-electron chi connectivity index (χ0n) is 9.06. The van der Waals surface area contributed by atoms with Crippen molar-refractivity contribution >= 4 is 45.2 Å². The van der Waals surface area contributed by atoms with Crippen LogP contribution >= 0.6 is 39.9 Å². The number of hydrogen-bond acceptors (Lipinski definition) is 3. The van der Waals surface area contributed by atoms with Crippen molar-refractivity contribution < 1.29 is 0 Å². The van der Waals surface area contributed by atoms with E-state index in [4.69, 9.17) is 12.2 Å². The molecule has 84 valence electrons. The van der Waals surface area contributed by atoms with Gasteiger partial charge in [-0.3, -0.25) is 0 Å². The van der Waals surface area contributed by atoms with Crippen LogP contribution in [0, 0.1) is 0 Å². The van der Waals surface area contributed by atoms with Crippen LogP contribution in [0.1, 0.15) is 25.3 Å². The summed E-state index contributed by atoms with van der Waals surface area (Å²) in [5.41, 5.74) is 1.50. The Hall–Kier alpha value is 0.700. The fraction of sp³-hybridized carbons (Fsp3) is 0.455. The molecule has 0 bridgehead atoms. The van der Waals surface area contributed by atoms with Gasteiger partial charge in [-0.05, 0) is 0 Å². The summed E-state index contributed by atoms with van der Waals surface area (Å²) in [5, 5.41) is 1.54. The van der Waals surface area contributed by atoms with E-state index in [1.54, 1.807) is 0 Å². The Bertz CT molecular complexity index is 345. The van der Waals surface area contributed by atoms with Gasteiger partial charge < -0.3 is 0 Å². The van der Waals surface area contributed by atoms with Gasteiger partial charge in [0.05, 0.1) is 0 Å². The third kappa shape index (κ3) is 2.52. The molecule has 4 heteroatoms. The summed E-state index contributed by atoms with van der Waals surface area (Å²) in [7, 11) is 0. The third-order valence-electron chi connectivity index (χ3n) is 2.60. The van der Waals surface area contributed by atoms with Gasteiger partial charge in [-0.1, -0.05) is 0 Å². The molecule has 2 rings (SSSR count). The number of rotatable bonds is 2. The Balaban J connectivity index is 2.42. The summed E-state index contributed by atoms with van der Waals surface area (Å²) >= 11 is 9.19. The Morgan fingerprint density at radius 3 is 2.40 bits per heavy atom. The van der Waals surface area contributed by atoms with Crippen LogP contribution in [0.15, 0.2) is 24.3 Å². The van der Waals surface area contributed by atoms with Crippen LogP contribution in [-0.2, 0) is 0 Å². The molecule has 0 saturated carbocycles. The van der Waals surface area contributed by atoms with Crippen LogP contribution in [0.4, 0.5) is 0 Å². The Labute approximate surface area is 106 Å². The zero-order chi connectivity index (χ0) is 10.9. The van der Waals surface area contributed by atoms with Crippen molar-refractivity contribution in [1.82, 2.24) is 0 Å². The second-order valence-electron chi connectivity index (χ2n) is 4.02. The zero-order valence-corrected chi connectivity index (χ0v) is 12.6. The molecule has 1 aromatic rings. The monoisotopic (exact) mass is 276 g/mol. The molecule has 1 aromatic carbocycles. The van der Waals surface area contributed by atoms with E-state index in [-0.39, 0.29) is 0 Å². The van der Waals surface area contributed by atoms with Gasteiger partial charge in [0.2, 0.25) is 0 Å². The molecular weight excluding hydrogens is 259 g/mol. The summed E-state index contributed by atoms with van der Waals surface area (Å²) in [6, 6.07) is 8.87. The number of thiol groups is 1.